The first-order chi connectivity index (χ1) is 16.2. The van der Waals surface area contributed by atoms with Gasteiger partial charge in [0, 0.05) is 30.1 Å². The normalized spacial score (nSPS) is 22.3. The highest BCUT2D eigenvalue weighted by Gasteiger charge is 2.34. The number of aliphatic hydroxyl groups excluding tert-OH is 1. The topological polar surface area (TPSA) is 83.1 Å². The minimum absolute atomic E-state index is 0.163. The van der Waals surface area contributed by atoms with Crippen LogP contribution in [0.5, 0.6) is 5.75 Å². The van der Waals surface area contributed by atoms with Crippen molar-refractivity contribution >= 4 is 10.9 Å². The molecule has 1 aliphatic heterocycles. The minimum atomic E-state index is -0.370. The molecular weight excluding hydrogens is 419 g/mol. The van der Waals surface area contributed by atoms with Crippen LogP contribution >= 0.6 is 0 Å². The highest BCUT2D eigenvalue weighted by molar-refractivity contribution is 5.95. The Morgan fingerprint density at radius 3 is 2.94 bits per heavy atom. The van der Waals surface area contributed by atoms with Crippen molar-refractivity contribution in [3.05, 3.63) is 66.1 Å². The molecule has 7 heteroatoms. The van der Waals surface area contributed by atoms with Crippen LogP contribution in [0, 0.1) is 11.7 Å². The zero-order valence-corrected chi connectivity index (χ0v) is 18.1. The Labute approximate surface area is 190 Å². The van der Waals surface area contributed by atoms with Crippen LogP contribution in [0.1, 0.15) is 24.3 Å². The van der Waals surface area contributed by atoms with E-state index in [9.17, 15) is 9.50 Å². The molecule has 2 aromatic carbocycles. The van der Waals surface area contributed by atoms with Gasteiger partial charge in [0.15, 0.2) is 0 Å². The third-order valence-corrected chi connectivity index (χ3v) is 6.99. The second-order valence-electron chi connectivity index (χ2n) is 8.95. The molecule has 1 unspecified atom stereocenters. The molecule has 0 amide bonds. The van der Waals surface area contributed by atoms with Gasteiger partial charge in [0.1, 0.15) is 23.9 Å². The standard InChI is InChI=1S/C26H25FN4O2/c27-21-5-2-6-24-25(21)22-12-20-23(13-29-22)30-31-26(20)16-4-1-3-15(9-16)19-11-18(10-17(19)14-32)28-7-8-33-24/h1-6,9,12-13,17-19,28,32H,7-8,10-11,14H2,(H,30,31)/t17-,18+,19?/m1/s1. The maximum Gasteiger partial charge on any atom is 0.136 e. The Morgan fingerprint density at radius 1 is 1.12 bits per heavy atom. The molecule has 6 bridgehead atoms. The number of pyridine rings is 1. The lowest BCUT2D eigenvalue weighted by molar-refractivity contribution is 0.215. The van der Waals surface area contributed by atoms with Crippen LogP contribution in [0.3, 0.4) is 0 Å². The molecule has 2 aromatic heterocycles. The van der Waals surface area contributed by atoms with E-state index in [1.54, 1.807) is 18.3 Å². The smallest absolute Gasteiger partial charge is 0.136 e. The number of aliphatic hydroxyl groups is 1. The molecule has 1 saturated carbocycles. The number of H-pyrrole nitrogens is 1. The lowest BCUT2D eigenvalue weighted by atomic mass is 9.88. The lowest BCUT2D eigenvalue weighted by Gasteiger charge is -2.18. The summed E-state index contributed by atoms with van der Waals surface area (Å²) in [5, 5.41) is 22.1. The van der Waals surface area contributed by atoms with Crippen molar-refractivity contribution in [3.63, 3.8) is 0 Å². The van der Waals surface area contributed by atoms with Gasteiger partial charge in [0.2, 0.25) is 0 Å². The third kappa shape index (κ3) is 3.57. The molecule has 6 nitrogen and oxygen atoms in total. The number of fused-ring (bicyclic) bond motifs is 9. The van der Waals surface area contributed by atoms with Crippen LogP contribution in [0.2, 0.25) is 0 Å². The Balaban J connectivity index is 1.53. The SMILES string of the molecule is OC[C@H]1C[C@H]2CC1c1cccc(c1)-c1n[nH]c3cnc(cc13)-c1c(F)cccc1OCCN2. The monoisotopic (exact) mass is 444 g/mol. The summed E-state index contributed by atoms with van der Waals surface area (Å²) < 4.78 is 20.9. The summed E-state index contributed by atoms with van der Waals surface area (Å²) in [5.41, 5.74) is 4.65. The Kier molecular flexibility index (Phi) is 5.08. The molecule has 0 saturated heterocycles. The number of aromatic amines is 1. The van der Waals surface area contributed by atoms with E-state index in [4.69, 9.17) is 4.74 Å². The van der Waals surface area contributed by atoms with Gasteiger partial charge >= 0.3 is 0 Å². The maximum absolute atomic E-state index is 14.9. The van der Waals surface area contributed by atoms with E-state index in [0.717, 1.165) is 35.0 Å². The highest BCUT2D eigenvalue weighted by Crippen LogP contribution is 2.41. The molecule has 4 aromatic rings. The van der Waals surface area contributed by atoms with Crippen LogP contribution in [0.4, 0.5) is 4.39 Å². The molecule has 0 radical (unpaired) electrons. The Bertz CT molecular complexity index is 1320. The maximum atomic E-state index is 14.9. The lowest BCUT2D eigenvalue weighted by Crippen LogP contribution is -2.31. The van der Waals surface area contributed by atoms with Gasteiger partial charge in [0.25, 0.3) is 0 Å². The summed E-state index contributed by atoms with van der Waals surface area (Å²) in [4.78, 5) is 4.50. The van der Waals surface area contributed by atoms with Crippen molar-refractivity contribution in [1.82, 2.24) is 20.5 Å². The summed E-state index contributed by atoms with van der Waals surface area (Å²) in [5.74, 6) is 0.583. The van der Waals surface area contributed by atoms with Crippen molar-refractivity contribution in [2.75, 3.05) is 19.8 Å². The molecule has 1 fully saturated rings. The van der Waals surface area contributed by atoms with Crippen molar-refractivity contribution in [1.29, 1.82) is 0 Å². The first-order valence-electron chi connectivity index (χ1n) is 11.4. The van der Waals surface area contributed by atoms with E-state index in [0.29, 0.717) is 36.2 Å². The second-order valence-corrected chi connectivity index (χ2v) is 8.95. The molecule has 0 spiro atoms. The van der Waals surface area contributed by atoms with E-state index in [1.165, 1.54) is 11.6 Å². The number of nitrogens with zero attached hydrogens (tertiary/aromatic N) is 2. The summed E-state index contributed by atoms with van der Waals surface area (Å²) in [6.07, 6.45) is 3.55. The van der Waals surface area contributed by atoms with Gasteiger partial charge in [-0.2, -0.15) is 5.10 Å². The molecule has 1 aliphatic carbocycles. The van der Waals surface area contributed by atoms with E-state index < -0.39 is 0 Å². The van der Waals surface area contributed by atoms with Crippen molar-refractivity contribution in [3.8, 4) is 28.3 Å². The Hall–Kier alpha value is -3.29. The number of hydrogen-bond donors (Lipinski definition) is 3. The largest absolute Gasteiger partial charge is 0.491 e. The zero-order valence-electron chi connectivity index (χ0n) is 18.1. The van der Waals surface area contributed by atoms with Gasteiger partial charge in [-0.1, -0.05) is 24.3 Å². The second kappa shape index (κ2) is 8.24. The molecular formula is C26H25FN4O2. The van der Waals surface area contributed by atoms with Gasteiger partial charge in [-0.15, -0.1) is 0 Å². The van der Waals surface area contributed by atoms with Crippen LogP contribution in [0.25, 0.3) is 33.4 Å². The zero-order chi connectivity index (χ0) is 22.4. The van der Waals surface area contributed by atoms with Gasteiger partial charge in [-0.3, -0.25) is 10.1 Å². The van der Waals surface area contributed by atoms with Gasteiger partial charge in [0.05, 0.1) is 23.0 Å². The third-order valence-electron chi connectivity index (χ3n) is 6.99. The van der Waals surface area contributed by atoms with E-state index in [1.807, 2.05) is 12.1 Å². The van der Waals surface area contributed by atoms with Gasteiger partial charge in [-0.05, 0) is 54.5 Å². The average Bonchev–Trinajstić information content (AvgIpc) is 3.45. The fourth-order valence-corrected chi connectivity index (χ4v) is 5.39. The van der Waals surface area contributed by atoms with Crippen molar-refractivity contribution in [2.45, 2.75) is 24.8 Å². The van der Waals surface area contributed by atoms with Crippen molar-refractivity contribution in [2.24, 2.45) is 5.92 Å². The summed E-state index contributed by atoms with van der Waals surface area (Å²) >= 11 is 0. The molecule has 2 aliphatic rings. The predicted octanol–water partition coefficient (Wildman–Crippen LogP) is 4.27. The number of hydrogen-bond acceptors (Lipinski definition) is 5. The number of benzene rings is 2. The van der Waals surface area contributed by atoms with Crippen LogP contribution in [0.15, 0.2) is 54.7 Å². The number of rotatable bonds is 1. The van der Waals surface area contributed by atoms with E-state index in [2.05, 4.69) is 38.7 Å². The molecule has 3 N–H and O–H groups in total. The average molecular weight is 445 g/mol. The molecule has 6 rings (SSSR count). The predicted molar refractivity (Wildman–Crippen MR) is 125 cm³/mol. The molecule has 3 atom stereocenters. The van der Waals surface area contributed by atoms with Crippen LogP contribution < -0.4 is 10.1 Å². The van der Waals surface area contributed by atoms with Crippen LogP contribution in [-0.4, -0.2) is 46.1 Å². The number of halogens is 1. The summed E-state index contributed by atoms with van der Waals surface area (Å²) in [6.45, 7) is 1.22. The fourth-order valence-electron chi connectivity index (χ4n) is 5.39. The molecule has 33 heavy (non-hydrogen) atoms. The quantitative estimate of drug-likeness (QED) is 0.409. The van der Waals surface area contributed by atoms with Crippen molar-refractivity contribution < 1.29 is 14.2 Å². The Morgan fingerprint density at radius 2 is 2.03 bits per heavy atom. The number of aromatic nitrogens is 3. The molecule has 168 valence electrons. The van der Waals surface area contributed by atoms with Gasteiger partial charge in [-0.25, -0.2) is 4.39 Å². The first-order valence-corrected chi connectivity index (χ1v) is 11.4. The first kappa shape index (κ1) is 20.3. The van der Waals surface area contributed by atoms with Crippen LogP contribution in [-0.2, 0) is 0 Å². The highest BCUT2D eigenvalue weighted by atomic mass is 19.1. The fraction of sp³-hybridized carbons (Fsp3) is 0.308. The number of nitrogens with one attached hydrogen (secondary N) is 2. The van der Waals surface area contributed by atoms with E-state index in [-0.39, 0.29) is 24.3 Å². The van der Waals surface area contributed by atoms with Gasteiger partial charge < -0.3 is 15.2 Å². The number of ether oxygens (including phenoxy) is 1. The minimum Gasteiger partial charge on any atom is -0.491 e. The summed E-state index contributed by atoms with van der Waals surface area (Å²) in [7, 11) is 0. The molecule has 3 heterocycles. The van der Waals surface area contributed by atoms with E-state index >= 15 is 0 Å². The summed E-state index contributed by atoms with van der Waals surface area (Å²) in [6, 6.07) is 15.4.